The summed E-state index contributed by atoms with van der Waals surface area (Å²) in [5, 5.41) is 19.9. The van der Waals surface area contributed by atoms with Crippen molar-refractivity contribution in [3.8, 4) is 0 Å². The lowest BCUT2D eigenvalue weighted by Gasteiger charge is -2.13. The summed E-state index contributed by atoms with van der Waals surface area (Å²) in [5.74, 6) is 0. The van der Waals surface area contributed by atoms with E-state index >= 15 is 0 Å². The maximum atomic E-state index is 8.59. The first-order chi connectivity index (χ1) is 6.70. The van der Waals surface area contributed by atoms with Crippen LogP contribution in [0.4, 0.5) is 0 Å². The minimum atomic E-state index is 0.183. The maximum Gasteiger partial charge on any atom is 0.0448 e. The molecule has 0 aliphatic rings. The van der Waals surface area contributed by atoms with Crippen LogP contribution in [0.5, 0.6) is 0 Å². The Morgan fingerprint density at radius 3 is 2.00 bits per heavy atom. The third-order valence-corrected chi connectivity index (χ3v) is 1.67. The predicted octanol–water partition coefficient (Wildman–Crippen LogP) is -0.137. The van der Waals surface area contributed by atoms with Crippen LogP contribution in [0, 0.1) is 0 Å². The molecule has 3 N–H and O–H groups in total. The fraction of sp³-hybridized carbons (Fsp3) is 1.00. The van der Waals surface area contributed by atoms with Crippen LogP contribution in [0.25, 0.3) is 0 Å². The average Bonchev–Trinajstić information content (AvgIpc) is 2.20. The molecule has 0 atom stereocenters. The van der Waals surface area contributed by atoms with Gasteiger partial charge in [0.2, 0.25) is 0 Å². The molecule has 0 heterocycles. The van der Waals surface area contributed by atoms with Crippen LogP contribution < -0.4 is 5.73 Å². The molecule has 6 nitrogen and oxygen atoms in total. The van der Waals surface area contributed by atoms with Gasteiger partial charge in [-0.15, -0.1) is 0 Å². The fourth-order valence-electron chi connectivity index (χ4n) is 0.846. The number of hydrogen-bond acceptors (Lipinski definition) is 4. The second-order valence-electron chi connectivity index (χ2n) is 3.16. The van der Waals surface area contributed by atoms with E-state index in [1.807, 2.05) is 14.1 Å². The molecule has 0 aliphatic heterocycles. The zero-order valence-electron chi connectivity index (χ0n) is 9.06. The average molecular weight is 203 g/mol. The molecule has 0 aliphatic carbocycles. The highest BCUT2D eigenvalue weighted by Gasteiger charge is 1.94. The first-order valence-electron chi connectivity index (χ1n) is 4.85. The topological polar surface area (TPSA) is 77.5 Å². The van der Waals surface area contributed by atoms with Crippen molar-refractivity contribution >= 4 is 0 Å². The summed E-state index contributed by atoms with van der Waals surface area (Å²) in [6.07, 6.45) is 1.62. The fourth-order valence-corrected chi connectivity index (χ4v) is 0.846. The molecule has 84 valence electrons. The van der Waals surface area contributed by atoms with Crippen LogP contribution in [-0.2, 0) is 0 Å². The molecule has 0 radical (unpaired) electrons. The van der Waals surface area contributed by atoms with Gasteiger partial charge in [-0.05, 0) is 19.4 Å². The lowest BCUT2D eigenvalue weighted by Crippen LogP contribution is -2.18. The van der Waals surface area contributed by atoms with Gasteiger partial charge in [0.1, 0.15) is 0 Å². The number of nitrogens with zero attached hydrogens (tertiary/aromatic N) is 4. The molecule has 0 fully saturated rings. The Morgan fingerprint density at radius 2 is 1.57 bits per heavy atom. The highest BCUT2D eigenvalue weighted by molar-refractivity contribution is 4.44. The number of nitrogens with two attached hydrogens (primary N) is 1. The standard InChI is InChI=1S/C8H21N5O/c1-12(6-3-5-9)10-11-13(2)7-4-8-14/h14H,3-9H2,1-2H3/b11-10+. The van der Waals surface area contributed by atoms with Crippen LogP contribution in [0.15, 0.2) is 10.4 Å². The van der Waals surface area contributed by atoms with Gasteiger partial charge in [0, 0.05) is 33.8 Å². The van der Waals surface area contributed by atoms with Gasteiger partial charge in [-0.3, -0.25) is 10.0 Å². The van der Waals surface area contributed by atoms with Gasteiger partial charge < -0.3 is 10.8 Å². The summed E-state index contributed by atoms with van der Waals surface area (Å²) in [4.78, 5) is 0. The van der Waals surface area contributed by atoms with Crippen molar-refractivity contribution in [1.82, 2.24) is 10.0 Å². The van der Waals surface area contributed by atoms with Crippen LogP contribution in [0.3, 0.4) is 0 Å². The van der Waals surface area contributed by atoms with Crippen molar-refractivity contribution in [3.05, 3.63) is 0 Å². The van der Waals surface area contributed by atoms with Gasteiger partial charge in [0.25, 0.3) is 0 Å². The number of rotatable bonds is 8. The quantitative estimate of drug-likeness (QED) is 0.425. The molecule has 0 aromatic rings. The lowest BCUT2D eigenvalue weighted by molar-refractivity contribution is 0.220. The molecule has 0 bridgehead atoms. The first-order valence-corrected chi connectivity index (χ1v) is 4.85. The Balaban J connectivity index is 3.56. The normalized spacial score (nSPS) is 10.9. The van der Waals surface area contributed by atoms with Gasteiger partial charge in [-0.25, -0.2) is 0 Å². The van der Waals surface area contributed by atoms with Crippen molar-refractivity contribution in [1.29, 1.82) is 0 Å². The van der Waals surface area contributed by atoms with E-state index in [9.17, 15) is 0 Å². The molecule has 6 heteroatoms. The van der Waals surface area contributed by atoms with Crippen LogP contribution in [0.2, 0.25) is 0 Å². The van der Waals surface area contributed by atoms with Gasteiger partial charge in [-0.2, -0.15) is 0 Å². The lowest BCUT2D eigenvalue weighted by atomic mass is 10.4. The summed E-state index contributed by atoms with van der Waals surface area (Å²) in [6.45, 7) is 2.38. The molecule has 14 heavy (non-hydrogen) atoms. The molecule has 0 aromatic heterocycles. The minimum absolute atomic E-state index is 0.183. The molecule has 0 unspecified atom stereocenters. The summed E-state index contributed by atoms with van der Waals surface area (Å²) in [7, 11) is 3.69. The van der Waals surface area contributed by atoms with E-state index in [-0.39, 0.29) is 6.61 Å². The maximum absolute atomic E-state index is 8.59. The third kappa shape index (κ3) is 7.75. The van der Waals surface area contributed by atoms with Gasteiger partial charge in [-0.1, -0.05) is 10.4 Å². The Labute approximate surface area is 85.3 Å². The van der Waals surface area contributed by atoms with Crippen molar-refractivity contribution in [2.45, 2.75) is 12.8 Å². The third-order valence-electron chi connectivity index (χ3n) is 1.67. The molecular formula is C8H21N5O. The van der Waals surface area contributed by atoms with Gasteiger partial charge >= 0.3 is 0 Å². The Morgan fingerprint density at radius 1 is 1.07 bits per heavy atom. The summed E-state index contributed by atoms with van der Waals surface area (Å²) < 4.78 is 0. The molecule has 0 rings (SSSR count). The molecule has 0 aromatic carbocycles. The van der Waals surface area contributed by atoms with E-state index in [0.29, 0.717) is 19.5 Å². The molecular weight excluding hydrogens is 182 g/mol. The van der Waals surface area contributed by atoms with E-state index < -0.39 is 0 Å². The van der Waals surface area contributed by atoms with Crippen molar-refractivity contribution < 1.29 is 5.11 Å². The molecule has 0 saturated carbocycles. The summed E-state index contributed by atoms with van der Waals surface area (Å²) in [6, 6.07) is 0. The summed E-state index contributed by atoms with van der Waals surface area (Å²) >= 11 is 0. The number of hydrogen-bond donors (Lipinski definition) is 2. The Kier molecular flexibility index (Phi) is 8.16. The van der Waals surface area contributed by atoms with Gasteiger partial charge in [0.05, 0.1) is 0 Å². The Hall–Kier alpha value is -0.880. The van der Waals surface area contributed by atoms with Gasteiger partial charge in [0.15, 0.2) is 0 Å². The second-order valence-corrected chi connectivity index (χ2v) is 3.16. The number of aliphatic hydroxyl groups excluding tert-OH is 1. The number of aliphatic hydroxyl groups is 1. The molecule has 0 spiro atoms. The SMILES string of the molecule is CN(CCCN)/N=N/N(C)CCCO. The van der Waals surface area contributed by atoms with Crippen LogP contribution in [-0.4, -0.2) is 55.5 Å². The zero-order chi connectivity index (χ0) is 10.8. The smallest absolute Gasteiger partial charge is 0.0448 e. The van der Waals surface area contributed by atoms with E-state index in [2.05, 4.69) is 10.4 Å². The molecule has 0 amide bonds. The van der Waals surface area contributed by atoms with Crippen molar-refractivity contribution in [2.24, 2.45) is 16.2 Å². The van der Waals surface area contributed by atoms with E-state index in [1.165, 1.54) is 0 Å². The van der Waals surface area contributed by atoms with Crippen LogP contribution in [0.1, 0.15) is 12.8 Å². The largest absolute Gasteiger partial charge is 0.396 e. The summed E-state index contributed by atoms with van der Waals surface area (Å²) in [5.41, 5.74) is 5.36. The Bertz CT molecular complexity index is 137. The second kappa shape index (κ2) is 8.71. The predicted molar refractivity (Wildman–Crippen MR) is 55.5 cm³/mol. The minimum Gasteiger partial charge on any atom is -0.396 e. The van der Waals surface area contributed by atoms with E-state index in [1.54, 1.807) is 10.0 Å². The first kappa shape index (κ1) is 13.1. The van der Waals surface area contributed by atoms with Crippen molar-refractivity contribution in [2.75, 3.05) is 40.3 Å². The monoisotopic (exact) mass is 203 g/mol. The molecule has 0 saturated heterocycles. The zero-order valence-corrected chi connectivity index (χ0v) is 9.06. The highest BCUT2D eigenvalue weighted by Crippen LogP contribution is 1.92. The van der Waals surface area contributed by atoms with E-state index in [0.717, 1.165) is 13.0 Å². The highest BCUT2D eigenvalue weighted by atomic mass is 16.3. The van der Waals surface area contributed by atoms with Crippen molar-refractivity contribution in [3.63, 3.8) is 0 Å². The van der Waals surface area contributed by atoms with E-state index in [4.69, 9.17) is 10.8 Å². The van der Waals surface area contributed by atoms with Crippen LogP contribution >= 0.6 is 0 Å².